The summed E-state index contributed by atoms with van der Waals surface area (Å²) in [6, 6.07) is 10.4. The molecule has 0 saturated heterocycles. The molecule has 1 aromatic heterocycles. The average Bonchev–Trinajstić information content (AvgIpc) is 3.18. The number of hydrogen-bond acceptors (Lipinski definition) is 2. The van der Waals surface area contributed by atoms with E-state index in [9.17, 15) is 5.11 Å². The minimum Gasteiger partial charge on any atom is -0.390 e. The largest absolute Gasteiger partial charge is 0.390 e. The molecule has 0 amide bonds. The van der Waals surface area contributed by atoms with Crippen LogP contribution < -0.4 is 0 Å². The maximum absolute atomic E-state index is 9.28. The first-order valence-electron chi connectivity index (χ1n) is 6.61. The van der Waals surface area contributed by atoms with Gasteiger partial charge in [-0.1, -0.05) is 25.1 Å². The highest BCUT2D eigenvalue weighted by molar-refractivity contribution is 5.43. The lowest BCUT2D eigenvalue weighted by Gasteiger charge is -2.10. The normalized spacial score (nSPS) is 15.0. The second-order valence-corrected chi connectivity index (χ2v) is 4.89. The van der Waals surface area contributed by atoms with Gasteiger partial charge in [0.2, 0.25) is 0 Å². The van der Waals surface area contributed by atoms with Gasteiger partial charge in [0.05, 0.1) is 18.0 Å². The molecule has 1 N–H and O–H groups in total. The smallest absolute Gasteiger partial charge is 0.0886 e. The summed E-state index contributed by atoms with van der Waals surface area (Å²) in [5.74, 6) is 0.628. The maximum atomic E-state index is 9.28. The Morgan fingerprint density at radius 3 is 2.78 bits per heavy atom. The summed E-state index contributed by atoms with van der Waals surface area (Å²) < 4.78 is 2.03. The van der Waals surface area contributed by atoms with Crippen LogP contribution in [0.3, 0.4) is 0 Å². The van der Waals surface area contributed by atoms with Crippen LogP contribution in [0.4, 0.5) is 0 Å². The Labute approximate surface area is 107 Å². The number of aliphatic hydroxyl groups is 1. The molecule has 1 fully saturated rings. The summed E-state index contributed by atoms with van der Waals surface area (Å²) >= 11 is 0. The van der Waals surface area contributed by atoms with Crippen molar-refractivity contribution in [3.05, 3.63) is 47.3 Å². The number of hydrogen-bond donors (Lipinski definition) is 1. The fourth-order valence-electron chi connectivity index (χ4n) is 2.40. The van der Waals surface area contributed by atoms with E-state index < -0.39 is 0 Å². The van der Waals surface area contributed by atoms with E-state index in [1.54, 1.807) is 0 Å². The third-order valence-electron chi connectivity index (χ3n) is 3.55. The van der Waals surface area contributed by atoms with Crippen molar-refractivity contribution in [2.45, 2.75) is 38.7 Å². The number of rotatable bonds is 4. The molecular formula is C15H18N2O. The number of aromatic nitrogens is 2. The Kier molecular flexibility index (Phi) is 2.92. The van der Waals surface area contributed by atoms with E-state index in [2.05, 4.69) is 30.2 Å². The van der Waals surface area contributed by atoms with Gasteiger partial charge in [0.15, 0.2) is 0 Å². The van der Waals surface area contributed by atoms with Gasteiger partial charge in [-0.25, -0.2) is 4.68 Å². The van der Waals surface area contributed by atoms with Gasteiger partial charge in [0.25, 0.3) is 0 Å². The van der Waals surface area contributed by atoms with Crippen molar-refractivity contribution in [1.82, 2.24) is 9.78 Å². The fourth-order valence-corrected chi connectivity index (χ4v) is 2.40. The highest BCUT2D eigenvalue weighted by Crippen LogP contribution is 2.41. The van der Waals surface area contributed by atoms with E-state index in [-0.39, 0.29) is 6.61 Å². The number of nitrogens with zero attached hydrogens (tertiary/aromatic N) is 2. The predicted octanol–water partition coefficient (Wildman–Crippen LogP) is 2.80. The Morgan fingerprint density at radius 1 is 1.33 bits per heavy atom. The first-order valence-corrected chi connectivity index (χ1v) is 6.61. The van der Waals surface area contributed by atoms with Gasteiger partial charge >= 0.3 is 0 Å². The lowest BCUT2D eigenvalue weighted by atomic mass is 10.1. The average molecular weight is 242 g/mol. The fraction of sp³-hybridized carbons (Fsp3) is 0.400. The minimum absolute atomic E-state index is 0.0149. The summed E-state index contributed by atoms with van der Waals surface area (Å²) in [6.45, 7) is 2.17. The number of aliphatic hydroxyl groups excluding tert-OH is 1. The Balaban J connectivity index is 2.12. The van der Waals surface area contributed by atoms with Crippen molar-refractivity contribution < 1.29 is 5.11 Å². The first kappa shape index (κ1) is 11.5. The van der Waals surface area contributed by atoms with Crippen LogP contribution in [0.1, 0.15) is 42.6 Å². The van der Waals surface area contributed by atoms with Crippen molar-refractivity contribution in [3.8, 4) is 5.69 Å². The molecule has 1 saturated carbocycles. The quantitative estimate of drug-likeness (QED) is 0.895. The molecular weight excluding hydrogens is 224 g/mol. The lowest BCUT2D eigenvalue weighted by Crippen LogP contribution is -2.04. The SMILES string of the molecule is CCc1ccccc1-n1nc(CO)cc1C1CC1. The molecule has 18 heavy (non-hydrogen) atoms. The van der Waals surface area contributed by atoms with Gasteiger partial charge in [-0.15, -0.1) is 0 Å². The molecule has 0 bridgehead atoms. The van der Waals surface area contributed by atoms with Crippen molar-refractivity contribution in [3.63, 3.8) is 0 Å². The van der Waals surface area contributed by atoms with Gasteiger partial charge in [-0.2, -0.15) is 5.10 Å². The maximum Gasteiger partial charge on any atom is 0.0886 e. The minimum atomic E-state index is 0.0149. The van der Waals surface area contributed by atoms with Crippen LogP contribution in [-0.2, 0) is 13.0 Å². The molecule has 3 rings (SSSR count). The molecule has 0 aliphatic heterocycles. The van der Waals surface area contributed by atoms with E-state index in [0.29, 0.717) is 5.92 Å². The van der Waals surface area contributed by atoms with Gasteiger partial charge < -0.3 is 5.11 Å². The Hall–Kier alpha value is -1.61. The van der Waals surface area contributed by atoms with E-state index in [0.717, 1.165) is 17.8 Å². The molecule has 0 spiro atoms. The molecule has 0 atom stereocenters. The molecule has 94 valence electrons. The van der Waals surface area contributed by atoms with Crippen molar-refractivity contribution in [2.75, 3.05) is 0 Å². The molecule has 1 aromatic carbocycles. The highest BCUT2D eigenvalue weighted by atomic mass is 16.3. The van der Waals surface area contributed by atoms with Crippen LogP contribution in [0.2, 0.25) is 0 Å². The summed E-state index contributed by atoms with van der Waals surface area (Å²) in [5, 5.41) is 13.8. The standard InChI is InChI=1S/C15H18N2O/c1-2-11-5-3-4-6-14(11)17-15(12-7-8-12)9-13(10-18)16-17/h3-6,9,12,18H,2,7-8,10H2,1H3. The Morgan fingerprint density at radius 2 is 2.11 bits per heavy atom. The van der Waals surface area contributed by atoms with E-state index in [1.807, 2.05) is 16.8 Å². The van der Waals surface area contributed by atoms with Gasteiger partial charge in [0, 0.05) is 11.6 Å². The summed E-state index contributed by atoms with van der Waals surface area (Å²) in [4.78, 5) is 0. The Bertz CT molecular complexity index is 555. The van der Waals surface area contributed by atoms with Gasteiger partial charge in [0.1, 0.15) is 0 Å². The predicted molar refractivity (Wildman–Crippen MR) is 70.8 cm³/mol. The summed E-state index contributed by atoms with van der Waals surface area (Å²) in [7, 11) is 0. The van der Waals surface area contributed by atoms with Crippen LogP contribution in [0, 0.1) is 0 Å². The third-order valence-corrected chi connectivity index (χ3v) is 3.55. The zero-order valence-electron chi connectivity index (χ0n) is 10.6. The molecule has 0 unspecified atom stereocenters. The molecule has 3 heteroatoms. The van der Waals surface area contributed by atoms with Crippen LogP contribution in [0.5, 0.6) is 0 Å². The van der Waals surface area contributed by atoms with E-state index >= 15 is 0 Å². The number of benzene rings is 1. The van der Waals surface area contributed by atoms with E-state index in [4.69, 9.17) is 0 Å². The highest BCUT2D eigenvalue weighted by Gasteiger charge is 2.28. The van der Waals surface area contributed by atoms with Crippen LogP contribution in [0.15, 0.2) is 30.3 Å². The topological polar surface area (TPSA) is 38.0 Å². The lowest BCUT2D eigenvalue weighted by molar-refractivity contribution is 0.276. The van der Waals surface area contributed by atoms with Gasteiger partial charge in [-0.3, -0.25) is 0 Å². The second kappa shape index (κ2) is 4.58. The van der Waals surface area contributed by atoms with Crippen LogP contribution in [-0.4, -0.2) is 14.9 Å². The summed E-state index contributed by atoms with van der Waals surface area (Å²) in [6.07, 6.45) is 3.48. The van der Waals surface area contributed by atoms with Crippen molar-refractivity contribution in [2.24, 2.45) is 0 Å². The molecule has 0 radical (unpaired) electrons. The molecule has 3 nitrogen and oxygen atoms in total. The molecule has 1 aliphatic carbocycles. The van der Waals surface area contributed by atoms with Crippen molar-refractivity contribution >= 4 is 0 Å². The van der Waals surface area contributed by atoms with E-state index in [1.165, 1.54) is 24.1 Å². The van der Waals surface area contributed by atoms with Crippen LogP contribution in [0.25, 0.3) is 5.69 Å². The zero-order chi connectivity index (χ0) is 12.5. The molecule has 1 heterocycles. The zero-order valence-corrected chi connectivity index (χ0v) is 10.6. The van der Waals surface area contributed by atoms with Gasteiger partial charge in [-0.05, 0) is 37.0 Å². The van der Waals surface area contributed by atoms with Crippen LogP contribution >= 0.6 is 0 Å². The second-order valence-electron chi connectivity index (χ2n) is 4.89. The third kappa shape index (κ3) is 1.95. The first-order chi connectivity index (χ1) is 8.83. The monoisotopic (exact) mass is 242 g/mol. The number of aryl methyl sites for hydroxylation is 1. The van der Waals surface area contributed by atoms with Crippen molar-refractivity contribution in [1.29, 1.82) is 0 Å². The molecule has 2 aromatic rings. The summed E-state index contributed by atoms with van der Waals surface area (Å²) in [5.41, 5.74) is 4.47. The molecule has 1 aliphatic rings. The number of para-hydroxylation sites is 1.